The molecule has 1 aliphatic heterocycles. The number of benzene rings is 2. The van der Waals surface area contributed by atoms with Crippen LogP contribution in [0.25, 0.3) is 0 Å². The third kappa shape index (κ3) is 2.53. The molecule has 0 spiro atoms. The van der Waals surface area contributed by atoms with Gasteiger partial charge in [0.15, 0.2) is 0 Å². The van der Waals surface area contributed by atoms with Gasteiger partial charge in [-0.1, -0.05) is 31.2 Å². The number of rotatable bonds is 3. The zero-order valence-electron chi connectivity index (χ0n) is 12.0. The largest absolute Gasteiger partial charge is 0.307 e. The van der Waals surface area contributed by atoms with Gasteiger partial charge in [0.1, 0.15) is 0 Å². The lowest BCUT2D eigenvalue weighted by Crippen LogP contribution is -2.25. The topological polar surface area (TPSA) is 44.1 Å². The Balaban J connectivity index is 1.86. The first-order chi connectivity index (χ1) is 10.2. The number of hydrogen-bond donors (Lipinski definition) is 0. The van der Waals surface area contributed by atoms with Gasteiger partial charge in [-0.25, -0.2) is 0 Å². The van der Waals surface area contributed by atoms with Crippen LogP contribution >= 0.6 is 0 Å². The molecule has 0 aliphatic carbocycles. The monoisotopic (exact) mass is 276 g/mol. The summed E-state index contributed by atoms with van der Waals surface area (Å²) in [7, 11) is 0. The van der Waals surface area contributed by atoms with Crippen molar-refractivity contribution >= 4 is 11.6 Å². The van der Waals surface area contributed by atoms with Crippen molar-refractivity contribution in [2.45, 2.75) is 26.3 Å². The highest BCUT2D eigenvalue weighted by Crippen LogP contribution is 2.31. The SMILES string of the molecule is CCc1ccc2c(c1)CC(=O)N2Cc1ccc(C#N)cc1. The Morgan fingerprint density at radius 3 is 2.52 bits per heavy atom. The highest BCUT2D eigenvalue weighted by Gasteiger charge is 2.27. The average Bonchev–Trinajstić information content (AvgIpc) is 2.83. The molecule has 3 rings (SSSR count). The van der Waals surface area contributed by atoms with Crippen molar-refractivity contribution in [2.24, 2.45) is 0 Å². The predicted octanol–water partition coefficient (Wildman–Crippen LogP) is 3.21. The Labute approximate surface area is 124 Å². The van der Waals surface area contributed by atoms with Crippen LogP contribution in [-0.2, 0) is 24.2 Å². The normalized spacial score (nSPS) is 13.1. The molecule has 0 atom stereocenters. The molecule has 0 aromatic heterocycles. The Morgan fingerprint density at radius 2 is 1.86 bits per heavy atom. The Kier molecular flexibility index (Phi) is 3.45. The number of fused-ring (bicyclic) bond motifs is 1. The average molecular weight is 276 g/mol. The van der Waals surface area contributed by atoms with Gasteiger partial charge < -0.3 is 4.90 Å². The molecular weight excluding hydrogens is 260 g/mol. The minimum atomic E-state index is 0.141. The minimum Gasteiger partial charge on any atom is -0.307 e. The molecule has 1 aliphatic rings. The summed E-state index contributed by atoms with van der Waals surface area (Å²) < 4.78 is 0. The van der Waals surface area contributed by atoms with Crippen LogP contribution < -0.4 is 4.90 Å². The number of hydrogen-bond acceptors (Lipinski definition) is 2. The highest BCUT2D eigenvalue weighted by atomic mass is 16.2. The van der Waals surface area contributed by atoms with Crippen LogP contribution in [0, 0.1) is 11.3 Å². The van der Waals surface area contributed by atoms with Crippen molar-refractivity contribution in [2.75, 3.05) is 4.90 Å². The van der Waals surface area contributed by atoms with E-state index in [9.17, 15) is 4.79 Å². The molecule has 2 aromatic carbocycles. The molecule has 0 unspecified atom stereocenters. The summed E-state index contributed by atoms with van der Waals surface area (Å²) in [6.07, 6.45) is 1.47. The minimum absolute atomic E-state index is 0.141. The van der Waals surface area contributed by atoms with Gasteiger partial charge in [0.25, 0.3) is 0 Å². The molecule has 3 heteroatoms. The van der Waals surface area contributed by atoms with E-state index >= 15 is 0 Å². The molecule has 0 saturated heterocycles. The second kappa shape index (κ2) is 5.41. The van der Waals surface area contributed by atoms with Crippen LogP contribution in [0.4, 0.5) is 5.69 Å². The fourth-order valence-corrected chi connectivity index (χ4v) is 2.70. The van der Waals surface area contributed by atoms with E-state index in [1.165, 1.54) is 5.56 Å². The maximum atomic E-state index is 12.2. The van der Waals surface area contributed by atoms with Crippen molar-refractivity contribution in [3.63, 3.8) is 0 Å². The van der Waals surface area contributed by atoms with Crippen LogP contribution in [0.3, 0.4) is 0 Å². The zero-order chi connectivity index (χ0) is 14.8. The first-order valence-corrected chi connectivity index (χ1v) is 7.12. The highest BCUT2D eigenvalue weighted by molar-refractivity contribution is 6.01. The zero-order valence-corrected chi connectivity index (χ0v) is 12.0. The van der Waals surface area contributed by atoms with Gasteiger partial charge in [0, 0.05) is 5.69 Å². The summed E-state index contributed by atoms with van der Waals surface area (Å²) in [6.45, 7) is 2.68. The molecule has 0 N–H and O–H groups in total. The number of amides is 1. The van der Waals surface area contributed by atoms with Crippen LogP contribution in [-0.4, -0.2) is 5.91 Å². The number of nitriles is 1. The first kappa shape index (κ1) is 13.4. The van der Waals surface area contributed by atoms with Gasteiger partial charge in [-0.15, -0.1) is 0 Å². The van der Waals surface area contributed by atoms with Crippen LogP contribution in [0.5, 0.6) is 0 Å². The quantitative estimate of drug-likeness (QED) is 0.864. The summed E-state index contributed by atoms with van der Waals surface area (Å²) in [5.74, 6) is 0.141. The molecule has 2 aromatic rings. The molecule has 0 bridgehead atoms. The van der Waals surface area contributed by atoms with Gasteiger partial charge >= 0.3 is 0 Å². The van der Waals surface area contributed by atoms with E-state index in [0.717, 1.165) is 23.2 Å². The summed E-state index contributed by atoms with van der Waals surface area (Å²) in [6, 6.07) is 15.8. The van der Waals surface area contributed by atoms with E-state index in [1.807, 2.05) is 23.1 Å². The predicted molar refractivity (Wildman–Crippen MR) is 81.9 cm³/mol. The Bertz CT molecular complexity index is 726. The van der Waals surface area contributed by atoms with E-state index in [1.54, 1.807) is 12.1 Å². The number of aryl methyl sites for hydroxylation is 1. The van der Waals surface area contributed by atoms with E-state index in [2.05, 4.69) is 25.1 Å². The Morgan fingerprint density at radius 1 is 1.14 bits per heavy atom. The number of nitrogens with zero attached hydrogens (tertiary/aromatic N) is 2. The fourth-order valence-electron chi connectivity index (χ4n) is 2.70. The lowest BCUT2D eigenvalue weighted by molar-refractivity contribution is -0.117. The first-order valence-electron chi connectivity index (χ1n) is 7.12. The molecule has 1 heterocycles. The molecule has 104 valence electrons. The molecule has 0 radical (unpaired) electrons. The van der Waals surface area contributed by atoms with Crippen molar-refractivity contribution in [1.29, 1.82) is 5.26 Å². The molecular formula is C18H16N2O. The molecule has 21 heavy (non-hydrogen) atoms. The fraction of sp³-hybridized carbons (Fsp3) is 0.222. The van der Waals surface area contributed by atoms with Gasteiger partial charge in [0.2, 0.25) is 5.91 Å². The summed E-state index contributed by atoms with van der Waals surface area (Å²) in [4.78, 5) is 14.1. The number of anilines is 1. The summed E-state index contributed by atoms with van der Waals surface area (Å²) in [5.41, 5.74) is 5.07. The van der Waals surface area contributed by atoms with Crippen molar-refractivity contribution in [3.8, 4) is 6.07 Å². The maximum Gasteiger partial charge on any atom is 0.231 e. The number of carbonyl (C=O) groups is 1. The summed E-state index contributed by atoms with van der Waals surface area (Å²) >= 11 is 0. The van der Waals surface area contributed by atoms with E-state index in [-0.39, 0.29) is 5.91 Å². The Hall–Kier alpha value is -2.60. The van der Waals surface area contributed by atoms with Crippen LogP contribution in [0.2, 0.25) is 0 Å². The number of carbonyl (C=O) groups excluding carboxylic acids is 1. The third-order valence-corrected chi connectivity index (χ3v) is 3.91. The smallest absolute Gasteiger partial charge is 0.231 e. The van der Waals surface area contributed by atoms with Gasteiger partial charge in [-0.05, 0) is 41.3 Å². The van der Waals surface area contributed by atoms with Crippen molar-refractivity contribution < 1.29 is 4.79 Å². The van der Waals surface area contributed by atoms with Gasteiger partial charge in [0.05, 0.1) is 24.6 Å². The van der Waals surface area contributed by atoms with Gasteiger partial charge in [-0.3, -0.25) is 4.79 Å². The molecule has 0 fully saturated rings. The van der Waals surface area contributed by atoms with Crippen molar-refractivity contribution in [3.05, 3.63) is 64.7 Å². The van der Waals surface area contributed by atoms with Gasteiger partial charge in [-0.2, -0.15) is 5.26 Å². The molecule has 0 saturated carbocycles. The molecule has 1 amide bonds. The standard InChI is InChI=1S/C18H16N2O/c1-2-13-7-8-17-16(9-13)10-18(21)20(17)12-15-5-3-14(11-19)4-6-15/h3-9H,2,10,12H2,1H3. The van der Waals surface area contributed by atoms with E-state index in [0.29, 0.717) is 18.5 Å². The van der Waals surface area contributed by atoms with E-state index in [4.69, 9.17) is 5.26 Å². The van der Waals surface area contributed by atoms with Crippen molar-refractivity contribution in [1.82, 2.24) is 0 Å². The van der Waals surface area contributed by atoms with Crippen LogP contribution in [0.15, 0.2) is 42.5 Å². The van der Waals surface area contributed by atoms with Crippen LogP contribution in [0.1, 0.15) is 29.2 Å². The maximum absolute atomic E-state index is 12.2. The van der Waals surface area contributed by atoms with E-state index < -0.39 is 0 Å². The summed E-state index contributed by atoms with van der Waals surface area (Å²) in [5, 5.41) is 8.82. The third-order valence-electron chi connectivity index (χ3n) is 3.91. The lowest BCUT2D eigenvalue weighted by Gasteiger charge is -2.18. The second-order valence-electron chi connectivity index (χ2n) is 5.28. The lowest BCUT2D eigenvalue weighted by atomic mass is 10.1. The second-order valence-corrected chi connectivity index (χ2v) is 5.28. The molecule has 3 nitrogen and oxygen atoms in total.